The van der Waals surface area contributed by atoms with Crippen LogP contribution in [0.25, 0.3) is 0 Å². The summed E-state index contributed by atoms with van der Waals surface area (Å²) in [5.74, 6) is 0.853. The number of nitrogens with zero attached hydrogens (tertiary/aromatic N) is 4. The summed E-state index contributed by atoms with van der Waals surface area (Å²) in [6.07, 6.45) is 0. The Morgan fingerprint density at radius 3 is 2.72 bits per heavy atom. The molecule has 0 spiro atoms. The Morgan fingerprint density at radius 1 is 1.28 bits per heavy atom. The van der Waals surface area contributed by atoms with Crippen molar-refractivity contribution < 1.29 is 9.53 Å². The van der Waals surface area contributed by atoms with Crippen molar-refractivity contribution in [1.29, 1.82) is 0 Å². The van der Waals surface area contributed by atoms with E-state index in [1.807, 2.05) is 40.8 Å². The molecule has 7 nitrogen and oxygen atoms in total. The molecule has 2 atom stereocenters. The Kier molecular flexibility index (Phi) is 4.58. The van der Waals surface area contributed by atoms with Gasteiger partial charge in [-0.15, -0.1) is 10.2 Å². The topological polar surface area (TPSA) is 72.3 Å². The van der Waals surface area contributed by atoms with Gasteiger partial charge in [-0.1, -0.05) is 35.5 Å². The number of carbonyl (C=O) groups is 1. The van der Waals surface area contributed by atoms with Crippen LogP contribution in [-0.4, -0.2) is 57.2 Å². The maximum atomic E-state index is 13.1. The van der Waals surface area contributed by atoms with Crippen molar-refractivity contribution >= 4 is 29.3 Å². The van der Waals surface area contributed by atoms with E-state index in [-0.39, 0.29) is 17.2 Å². The smallest absolute Gasteiger partial charge is 0.238 e. The fourth-order valence-electron chi connectivity index (χ4n) is 3.03. The van der Waals surface area contributed by atoms with Crippen LogP contribution in [0.4, 0.5) is 0 Å². The molecule has 1 amide bonds. The molecule has 132 valence electrons. The van der Waals surface area contributed by atoms with E-state index < -0.39 is 0 Å². The summed E-state index contributed by atoms with van der Waals surface area (Å²) >= 11 is 7.47. The molecule has 4 rings (SSSR count). The number of halogens is 1. The van der Waals surface area contributed by atoms with E-state index in [0.717, 1.165) is 11.4 Å². The van der Waals surface area contributed by atoms with Gasteiger partial charge in [0.25, 0.3) is 0 Å². The van der Waals surface area contributed by atoms with Crippen molar-refractivity contribution in [2.75, 3.05) is 31.7 Å². The number of morpholine rings is 1. The van der Waals surface area contributed by atoms with Crippen LogP contribution in [0.15, 0.2) is 29.4 Å². The number of nitrogens with one attached hydrogen (secondary N) is 1. The lowest BCUT2D eigenvalue weighted by molar-refractivity contribution is -0.135. The highest BCUT2D eigenvalue weighted by molar-refractivity contribution is 8.00. The van der Waals surface area contributed by atoms with Gasteiger partial charge in [0, 0.05) is 18.1 Å². The van der Waals surface area contributed by atoms with Crippen LogP contribution in [-0.2, 0) is 9.53 Å². The SMILES string of the molecule is Cc1nnc2n1N[C@H](c1ccc(Cl)cc1)[C@H](C(=O)N1CCOCC1)S2. The number of hydrogen-bond donors (Lipinski definition) is 1. The van der Waals surface area contributed by atoms with Crippen molar-refractivity contribution in [3.63, 3.8) is 0 Å². The minimum Gasteiger partial charge on any atom is -0.378 e. The molecule has 1 aromatic heterocycles. The molecule has 2 aliphatic heterocycles. The maximum absolute atomic E-state index is 13.1. The molecule has 1 aromatic carbocycles. The minimum atomic E-state index is -0.324. The molecule has 0 bridgehead atoms. The third-order valence-electron chi connectivity index (χ3n) is 4.39. The number of thioether (sulfide) groups is 1. The van der Waals surface area contributed by atoms with Gasteiger partial charge in [-0.25, -0.2) is 4.68 Å². The van der Waals surface area contributed by atoms with Crippen LogP contribution in [0.2, 0.25) is 5.02 Å². The predicted molar refractivity (Wildman–Crippen MR) is 95.4 cm³/mol. The van der Waals surface area contributed by atoms with Crippen molar-refractivity contribution in [3.8, 4) is 0 Å². The number of aromatic nitrogens is 3. The van der Waals surface area contributed by atoms with Crippen molar-refractivity contribution in [3.05, 3.63) is 40.7 Å². The van der Waals surface area contributed by atoms with E-state index in [2.05, 4.69) is 15.6 Å². The van der Waals surface area contributed by atoms with Gasteiger partial charge in [-0.3, -0.25) is 4.79 Å². The summed E-state index contributed by atoms with van der Waals surface area (Å²) in [5.41, 5.74) is 4.40. The van der Waals surface area contributed by atoms with Crippen molar-refractivity contribution in [2.24, 2.45) is 0 Å². The largest absolute Gasteiger partial charge is 0.378 e. The highest BCUT2D eigenvalue weighted by Gasteiger charge is 2.39. The average Bonchev–Trinajstić information content (AvgIpc) is 3.02. The normalized spacial score (nSPS) is 23.0. The summed E-state index contributed by atoms with van der Waals surface area (Å²) in [4.78, 5) is 15.0. The monoisotopic (exact) mass is 379 g/mol. The van der Waals surface area contributed by atoms with Gasteiger partial charge in [0.2, 0.25) is 11.1 Å². The van der Waals surface area contributed by atoms with Crippen molar-refractivity contribution in [2.45, 2.75) is 23.4 Å². The predicted octanol–water partition coefficient (Wildman–Crippen LogP) is 1.86. The second-order valence-corrected chi connectivity index (χ2v) is 7.54. The van der Waals surface area contributed by atoms with E-state index in [1.165, 1.54) is 11.8 Å². The Bertz CT molecular complexity index is 775. The van der Waals surface area contributed by atoms with Gasteiger partial charge in [0.05, 0.1) is 19.3 Å². The number of hydrogen-bond acceptors (Lipinski definition) is 6. The second kappa shape index (κ2) is 6.86. The number of benzene rings is 1. The number of amides is 1. The molecule has 25 heavy (non-hydrogen) atoms. The fraction of sp³-hybridized carbons (Fsp3) is 0.438. The van der Waals surface area contributed by atoms with E-state index in [4.69, 9.17) is 16.3 Å². The number of rotatable bonds is 2. The second-order valence-electron chi connectivity index (χ2n) is 6.00. The molecular weight excluding hydrogens is 362 g/mol. The molecule has 9 heteroatoms. The van der Waals surface area contributed by atoms with Crippen LogP contribution in [0.1, 0.15) is 17.4 Å². The van der Waals surface area contributed by atoms with Gasteiger partial charge in [0.15, 0.2) is 0 Å². The highest BCUT2D eigenvalue weighted by atomic mass is 35.5. The molecule has 0 unspecified atom stereocenters. The molecule has 2 aliphatic rings. The third kappa shape index (κ3) is 3.21. The van der Waals surface area contributed by atoms with Crippen LogP contribution in [0.3, 0.4) is 0 Å². The third-order valence-corrected chi connectivity index (χ3v) is 5.85. The Balaban J connectivity index is 1.68. The van der Waals surface area contributed by atoms with Gasteiger partial charge >= 0.3 is 0 Å². The zero-order chi connectivity index (χ0) is 17.4. The fourth-order valence-corrected chi connectivity index (χ4v) is 4.37. The lowest BCUT2D eigenvalue weighted by atomic mass is 10.0. The lowest BCUT2D eigenvalue weighted by Crippen LogP contribution is -2.49. The van der Waals surface area contributed by atoms with Crippen LogP contribution < -0.4 is 5.43 Å². The summed E-state index contributed by atoms with van der Waals surface area (Å²) in [6, 6.07) is 7.39. The maximum Gasteiger partial charge on any atom is 0.238 e. The quantitative estimate of drug-likeness (QED) is 0.858. The number of ether oxygens (including phenoxy) is 1. The number of aryl methyl sites for hydroxylation is 1. The summed E-state index contributed by atoms with van der Waals surface area (Å²) < 4.78 is 7.20. The Hall–Kier alpha value is -1.77. The first-order valence-corrected chi connectivity index (χ1v) is 9.36. The number of carbonyl (C=O) groups excluding carboxylic acids is 1. The zero-order valence-corrected chi connectivity index (χ0v) is 15.3. The summed E-state index contributed by atoms with van der Waals surface area (Å²) in [5, 5.41) is 9.33. The van der Waals surface area contributed by atoms with Crippen LogP contribution in [0.5, 0.6) is 0 Å². The molecule has 2 aromatic rings. The highest BCUT2D eigenvalue weighted by Crippen LogP contribution is 2.38. The molecule has 0 saturated carbocycles. The zero-order valence-electron chi connectivity index (χ0n) is 13.7. The van der Waals surface area contributed by atoms with E-state index in [1.54, 1.807) is 0 Å². The van der Waals surface area contributed by atoms with Gasteiger partial charge in [-0.05, 0) is 24.6 Å². The van der Waals surface area contributed by atoms with Crippen LogP contribution >= 0.6 is 23.4 Å². The first-order valence-electron chi connectivity index (χ1n) is 8.11. The summed E-state index contributed by atoms with van der Waals surface area (Å²) in [6.45, 7) is 4.28. The van der Waals surface area contributed by atoms with Gasteiger partial charge < -0.3 is 15.1 Å². The van der Waals surface area contributed by atoms with Gasteiger partial charge in [-0.2, -0.15) is 0 Å². The summed E-state index contributed by atoms with van der Waals surface area (Å²) in [7, 11) is 0. The van der Waals surface area contributed by atoms with E-state index in [0.29, 0.717) is 36.5 Å². The van der Waals surface area contributed by atoms with Crippen molar-refractivity contribution in [1.82, 2.24) is 19.8 Å². The van der Waals surface area contributed by atoms with Gasteiger partial charge in [0.1, 0.15) is 11.1 Å². The molecule has 0 aliphatic carbocycles. The first-order chi connectivity index (χ1) is 12.1. The standard InChI is InChI=1S/C16H18ClN5O2S/c1-10-18-19-16-22(10)20-13(11-2-4-12(17)5-3-11)14(25-16)15(23)21-6-8-24-9-7-21/h2-5,13-14,20H,6-9H2,1H3/t13-,14-/m1/s1. The van der Waals surface area contributed by atoms with Crippen LogP contribution in [0, 0.1) is 6.92 Å². The number of fused-ring (bicyclic) bond motifs is 1. The molecule has 3 heterocycles. The van der Waals surface area contributed by atoms with E-state index >= 15 is 0 Å². The molecule has 1 N–H and O–H groups in total. The minimum absolute atomic E-state index is 0.0904. The lowest BCUT2D eigenvalue weighted by Gasteiger charge is -2.36. The Labute approximate surface area is 154 Å². The molecule has 1 saturated heterocycles. The first kappa shape index (κ1) is 16.7. The Morgan fingerprint density at radius 2 is 2.00 bits per heavy atom. The molecule has 0 radical (unpaired) electrons. The average molecular weight is 380 g/mol. The molecule has 1 fully saturated rings. The molecular formula is C16H18ClN5O2S. The van der Waals surface area contributed by atoms with E-state index in [9.17, 15) is 4.79 Å².